The Labute approximate surface area is 268 Å². The van der Waals surface area contributed by atoms with Crippen LogP contribution in [0.2, 0.25) is 0 Å². The van der Waals surface area contributed by atoms with Crippen LogP contribution >= 0.6 is 38.5 Å². The van der Waals surface area contributed by atoms with Crippen LogP contribution in [0.4, 0.5) is 16.2 Å². The summed E-state index contributed by atoms with van der Waals surface area (Å²) in [6.07, 6.45) is -4.35. The highest BCUT2D eigenvalue weighted by Crippen LogP contribution is 2.59. The summed E-state index contributed by atoms with van der Waals surface area (Å²) < 4.78 is 71.6. The third-order valence-corrected chi connectivity index (χ3v) is 10.5. The topological polar surface area (TPSA) is 260 Å². The van der Waals surface area contributed by atoms with Gasteiger partial charge < -0.3 is 30.6 Å². The number of aromatic nitrogens is 8. The van der Waals surface area contributed by atoms with E-state index in [1.54, 1.807) is 0 Å². The first-order valence-electron chi connectivity index (χ1n) is 13.7. The Kier molecular flexibility index (Phi) is 8.40. The Morgan fingerprint density at radius 2 is 1.80 bits per heavy atom. The number of imidazole rings is 2. The second kappa shape index (κ2) is 12.1. The molecule has 6 N–H and O–H groups in total. The Morgan fingerprint density at radius 1 is 1.09 bits per heavy atom. The van der Waals surface area contributed by atoms with Crippen LogP contribution in [0.25, 0.3) is 22.3 Å². The van der Waals surface area contributed by atoms with Crippen molar-refractivity contribution in [2.24, 2.45) is 11.8 Å². The molecule has 19 nitrogen and oxygen atoms in total. The second-order valence-corrected chi connectivity index (χ2v) is 15.7. The van der Waals surface area contributed by atoms with Gasteiger partial charge in [0.15, 0.2) is 35.1 Å². The third kappa shape index (κ3) is 5.84. The van der Waals surface area contributed by atoms with Gasteiger partial charge in [-0.2, -0.15) is 4.98 Å². The molecule has 6 heterocycles. The van der Waals surface area contributed by atoms with E-state index in [2.05, 4.69) is 54.4 Å². The van der Waals surface area contributed by atoms with E-state index in [1.165, 1.54) is 28.1 Å². The zero-order valence-corrected chi connectivity index (χ0v) is 27.0. The molecule has 0 amide bonds. The van der Waals surface area contributed by atoms with Gasteiger partial charge in [-0.3, -0.25) is 32.5 Å². The van der Waals surface area contributed by atoms with E-state index in [4.69, 9.17) is 34.5 Å². The first kappa shape index (κ1) is 31.9. The third-order valence-electron chi connectivity index (χ3n) is 8.09. The van der Waals surface area contributed by atoms with Crippen molar-refractivity contribution in [3.05, 3.63) is 29.3 Å². The lowest BCUT2D eigenvalue weighted by molar-refractivity contribution is -0.145. The molecule has 2 saturated heterocycles. The van der Waals surface area contributed by atoms with Crippen LogP contribution in [0, 0.1) is 11.8 Å². The quantitative estimate of drug-likeness (QED) is 0.0987. The number of hydrogen-bond donors (Lipinski definition) is 6. The number of hydrogen-bond acceptors (Lipinski definition) is 16. The number of thiol groups is 2. The molecule has 4 aromatic heterocycles. The fourth-order valence-corrected chi connectivity index (χ4v) is 7.85. The van der Waals surface area contributed by atoms with E-state index in [0.29, 0.717) is 11.9 Å². The van der Waals surface area contributed by atoms with Gasteiger partial charge in [0.2, 0.25) is 13.2 Å². The number of H-pyrrole nitrogens is 1. The van der Waals surface area contributed by atoms with Crippen LogP contribution in [-0.4, -0.2) is 87.9 Å². The van der Waals surface area contributed by atoms with Gasteiger partial charge >= 0.3 is 6.80 Å². The molecule has 4 aromatic rings. The van der Waals surface area contributed by atoms with Crippen molar-refractivity contribution in [1.29, 1.82) is 0 Å². The molecule has 7 rings (SSSR count). The first-order chi connectivity index (χ1) is 21.9. The number of aromatic amines is 1. The molecule has 0 radical (unpaired) electrons. The first-order valence-corrected chi connectivity index (χ1v) is 19.0. The second-order valence-electron chi connectivity index (χ2n) is 10.9. The van der Waals surface area contributed by atoms with Crippen molar-refractivity contribution >= 4 is 72.6 Å². The number of nitrogen functional groups attached to an aromatic ring is 2. The highest BCUT2D eigenvalue weighted by Gasteiger charge is 2.57. The van der Waals surface area contributed by atoms with Gasteiger partial charge in [-0.1, -0.05) is 24.5 Å². The fourth-order valence-electron chi connectivity index (χ4n) is 5.86. The zero-order valence-electron chi connectivity index (χ0n) is 23.3. The van der Waals surface area contributed by atoms with Crippen LogP contribution in [-0.2, 0) is 32.2 Å². The summed E-state index contributed by atoms with van der Waals surface area (Å²) in [6.45, 7) is -4.99. The summed E-state index contributed by atoms with van der Waals surface area (Å²) in [5.74, 6) is -0.658. The van der Waals surface area contributed by atoms with E-state index in [1.807, 2.05) is 0 Å². The van der Waals surface area contributed by atoms with Gasteiger partial charge in [0.1, 0.15) is 36.3 Å². The zero-order chi connectivity index (χ0) is 32.5. The monoisotopic (exact) mass is 720 g/mol. The van der Waals surface area contributed by atoms with Crippen molar-refractivity contribution < 1.29 is 41.7 Å². The van der Waals surface area contributed by atoms with Gasteiger partial charge in [-0.25, -0.2) is 28.9 Å². The average molecular weight is 721 g/mol. The van der Waals surface area contributed by atoms with Gasteiger partial charge in [-0.15, -0.1) is 0 Å². The molecule has 11 atom stereocenters. The largest absolute Gasteiger partial charge is 0.387 e. The van der Waals surface area contributed by atoms with Crippen LogP contribution < -0.4 is 17.0 Å². The number of aliphatic hydroxyl groups excluding tert-OH is 1. The van der Waals surface area contributed by atoms with E-state index in [9.17, 15) is 19.0 Å². The number of anilines is 2. The summed E-state index contributed by atoms with van der Waals surface area (Å²) in [7, 11) is -2.71. The number of aliphatic hydroxyl groups is 1. The molecule has 24 heteroatoms. The van der Waals surface area contributed by atoms with Gasteiger partial charge in [0.05, 0.1) is 32.0 Å². The van der Waals surface area contributed by atoms with Gasteiger partial charge in [0.25, 0.3) is 5.56 Å². The molecule has 3 fully saturated rings. The lowest BCUT2D eigenvalue weighted by Gasteiger charge is -2.33. The number of alkyl halides is 1. The van der Waals surface area contributed by atoms with E-state index in [0.717, 1.165) is 0 Å². The highest BCUT2D eigenvalue weighted by molar-refractivity contribution is 8.44. The number of rotatable bonds is 10. The van der Waals surface area contributed by atoms with Gasteiger partial charge in [0, 0.05) is 5.92 Å². The number of nitrogens with zero attached hydrogens (tertiary/aromatic N) is 7. The number of ether oxygens (including phenoxy) is 2. The maximum Gasteiger partial charge on any atom is 0.386 e. The summed E-state index contributed by atoms with van der Waals surface area (Å²) >= 11 is 7.86. The van der Waals surface area contributed by atoms with Crippen molar-refractivity contribution in [2.75, 3.05) is 24.7 Å². The minimum absolute atomic E-state index is 0.0208. The number of halogens is 1. The molecular formula is C22H27FN10O9P2S2. The minimum Gasteiger partial charge on any atom is -0.387 e. The van der Waals surface area contributed by atoms with E-state index < -0.39 is 62.6 Å². The van der Waals surface area contributed by atoms with Crippen LogP contribution in [0.1, 0.15) is 18.9 Å². The summed E-state index contributed by atoms with van der Waals surface area (Å²) in [6, 6.07) is 0. The SMILES string of the molecule is Nc1nc2c(ncn2[C@@H]2O[C@H](CO[PH](=O)S)C(O)C2OP(=O)(S)OC[C@H]2O[C@@H](n3cnc4c(N)ncnc43)C(F)C3CC32)c(=O)[nH]1. The standard InChI is InChI=1S/C22H27FN10O9P2S2/c23-11-8-1-7(8)9(40-20(11)32-5-28-12-16(24)26-4-27-17(12)32)3-39-44(37,46)42-15-14(34)10(2-38-43(36)45)41-21(15)33-6-29-13-18(33)30-22(25)31-19(13)35/h4-11,14-15,20-21,34,43H,1-3H2,(H,36,45)(H,37,46)(H2,24,26,27)(H3,25,30,31,35)/t7?,8?,9-,10-,11?,14?,15?,20-,21-,44?/m1/s1. The van der Waals surface area contributed by atoms with Crippen LogP contribution in [0.3, 0.4) is 0 Å². The lowest BCUT2D eigenvalue weighted by atomic mass is 10.1. The molecule has 46 heavy (non-hydrogen) atoms. The molecule has 1 aliphatic carbocycles. The summed E-state index contributed by atoms with van der Waals surface area (Å²) in [4.78, 5) is 35.0. The minimum atomic E-state index is -4.31. The lowest BCUT2D eigenvalue weighted by Crippen LogP contribution is -2.38. The Balaban J connectivity index is 1.10. The van der Waals surface area contributed by atoms with Crippen LogP contribution in [0.5, 0.6) is 0 Å². The number of nitrogens with one attached hydrogen (secondary N) is 1. The predicted molar refractivity (Wildman–Crippen MR) is 164 cm³/mol. The number of fused-ring (bicyclic) bond motifs is 3. The average Bonchev–Trinajstić information content (AvgIpc) is 3.37. The molecule has 248 valence electrons. The molecular weight excluding hydrogens is 693 g/mol. The molecule has 1 saturated carbocycles. The van der Waals surface area contributed by atoms with Crippen LogP contribution in [0.15, 0.2) is 23.8 Å². The predicted octanol–water partition coefficient (Wildman–Crippen LogP) is 1.03. The maximum atomic E-state index is 15.4. The van der Waals surface area contributed by atoms with Crippen molar-refractivity contribution in [1.82, 2.24) is 39.0 Å². The molecule has 3 aliphatic rings. The molecule has 2 aliphatic heterocycles. The van der Waals surface area contributed by atoms with Crippen molar-refractivity contribution in [3.63, 3.8) is 0 Å². The maximum absolute atomic E-state index is 15.4. The Bertz CT molecular complexity index is 1930. The highest BCUT2D eigenvalue weighted by atomic mass is 32.7. The molecule has 0 aromatic carbocycles. The van der Waals surface area contributed by atoms with E-state index in [-0.39, 0.29) is 53.6 Å². The fraction of sp³-hybridized carbons (Fsp3) is 0.545. The van der Waals surface area contributed by atoms with Gasteiger partial charge in [-0.05, 0) is 12.3 Å². The van der Waals surface area contributed by atoms with E-state index >= 15 is 4.39 Å². The summed E-state index contributed by atoms with van der Waals surface area (Å²) in [5, 5.41) is 11.1. The normalized spacial score (nSPS) is 32.8. The van der Waals surface area contributed by atoms with Crippen molar-refractivity contribution in [3.8, 4) is 0 Å². The summed E-state index contributed by atoms with van der Waals surface area (Å²) in [5.41, 5.74) is 11.4. The molecule has 0 spiro atoms. The smallest absolute Gasteiger partial charge is 0.386 e. The Morgan fingerprint density at radius 3 is 2.57 bits per heavy atom. The van der Waals surface area contributed by atoms with Crippen molar-refractivity contribution in [2.45, 2.75) is 49.5 Å². The Hall–Kier alpha value is -2.65. The number of nitrogens with two attached hydrogens (primary N) is 2. The molecule has 7 unspecified atom stereocenters. The molecule has 0 bridgehead atoms.